The zero-order chi connectivity index (χ0) is 13.8. The van der Waals surface area contributed by atoms with Gasteiger partial charge in [0, 0.05) is 13.1 Å². The van der Waals surface area contributed by atoms with Crippen molar-refractivity contribution in [2.45, 2.75) is 12.8 Å². The molecule has 0 saturated carbocycles. The Kier molecular flexibility index (Phi) is 4.42. The molecule has 1 aromatic rings. The van der Waals surface area contributed by atoms with E-state index in [1.54, 1.807) is 0 Å². The highest BCUT2D eigenvalue weighted by Gasteiger charge is 2.27. The number of ether oxygens (including phenoxy) is 2. The summed E-state index contributed by atoms with van der Waals surface area (Å²) in [6.07, 6.45) is 2.99. The molecule has 1 aliphatic heterocycles. The second-order valence-corrected chi connectivity index (χ2v) is 4.72. The Morgan fingerprint density at radius 2 is 2.11 bits per heavy atom. The van der Waals surface area contributed by atoms with Crippen LogP contribution >= 0.6 is 11.6 Å². The van der Waals surface area contributed by atoms with Crippen LogP contribution in [0.25, 0.3) is 0 Å². The van der Waals surface area contributed by atoms with E-state index >= 15 is 0 Å². The summed E-state index contributed by atoms with van der Waals surface area (Å²) in [4.78, 5) is 21.7. The number of rotatable bonds is 3. The van der Waals surface area contributed by atoms with Crippen LogP contribution in [0.15, 0.2) is 6.20 Å². The summed E-state index contributed by atoms with van der Waals surface area (Å²) < 4.78 is 9.76. The molecule has 0 aromatic carbocycles. The molecule has 0 amide bonds. The molecule has 2 heterocycles. The Labute approximate surface area is 116 Å². The second-order valence-electron chi connectivity index (χ2n) is 4.31. The van der Waals surface area contributed by atoms with Gasteiger partial charge in [0.25, 0.3) is 0 Å². The Hall–Kier alpha value is -1.56. The highest BCUT2D eigenvalue weighted by molar-refractivity contribution is 6.32. The van der Waals surface area contributed by atoms with E-state index in [4.69, 9.17) is 21.1 Å². The van der Waals surface area contributed by atoms with Crippen LogP contribution in [0.1, 0.15) is 12.8 Å². The smallest absolute Gasteiger partial charge is 0.318 e. The van der Waals surface area contributed by atoms with Gasteiger partial charge in [-0.2, -0.15) is 4.98 Å². The van der Waals surface area contributed by atoms with Crippen molar-refractivity contribution in [3.05, 3.63) is 11.2 Å². The van der Waals surface area contributed by atoms with E-state index in [0.717, 1.165) is 12.8 Å². The van der Waals surface area contributed by atoms with Crippen LogP contribution in [-0.2, 0) is 9.53 Å². The van der Waals surface area contributed by atoms with Gasteiger partial charge in [-0.05, 0) is 12.8 Å². The molecule has 1 aromatic heterocycles. The fourth-order valence-corrected chi connectivity index (χ4v) is 2.37. The number of hydrogen-bond acceptors (Lipinski definition) is 6. The minimum absolute atomic E-state index is 0.0382. The van der Waals surface area contributed by atoms with Gasteiger partial charge in [0.2, 0.25) is 0 Å². The Bertz CT molecular complexity index is 462. The molecule has 0 spiro atoms. The molecule has 1 aliphatic rings. The third kappa shape index (κ3) is 3.07. The van der Waals surface area contributed by atoms with Crippen molar-refractivity contribution in [3.8, 4) is 6.01 Å². The molecule has 19 heavy (non-hydrogen) atoms. The summed E-state index contributed by atoms with van der Waals surface area (Å²) in [7, 11) is 2.93. The average molecular weight is 286 g/mol. The number of methoxy groups -OCH3 is 2. The van der Waals surface area contributed by atoms with Crippen molar-refractivity contribution in [1.29, 1.82) is 0 Å². The van der Waals surface area contributed by atoms with E-state index in [1.165, 1.54) is 20.4 Å². The van der Waals surface area contributed by atoms with Gasteiger partial charge in [-0.1, -0.05) is 11.6 Å². The van der Waals surface area contributed by atoms with Gasteiger partial charge < -0.3 is 14.4 Å². The van der Waals surface area contributed by atoms with Crippen molar-refractivity contribution in [2.24, 2.45) is 5.92 Å². The molecule has 0 N–H and O–H groups in total. The third-order valence-electron chi connectivity index (χ3n) is 3.22. The standard InChI is InChI=1S/C12H16ClN3O3/c1-18-11(17)8-3-5-16(6-4-8)10-9(13)7-14-12(15-10)19-2/h7-8H,3-6H2,1-2H3. The van der Waals surface area contributed by atoms with Crippen LogP contribution in [0, 0.1) is 5.92 Å². The molecular weight excluding hydrogens is 270 g/mol. The van der Waals surface area contributed by atoms with E-state index in [1.807, 2.05) is 4.90 Å². The van der Waals surface area contributed by atoms with Crippen molar-refractivity contribution in [3.63, 3.8) is 0 Å². The first kappa shape index (κ1) is 13.9. The number of anilines is 1. The highest BCUT2D eigenvalue weighted by Crippen LogP contribution is 2.28. The van der Waals surface area contributed by atoms with Crippen molar-refractivity contribution in [2.75, 3.05) is 32.2 Å². The van der Waals surface area contributed by atoms with Crippen molar-refractivity contribution >= 4 is 23.4 Å². The normalized spacial score (nSPS) is 16.3. The Morgan fingerprint density at radius 3 is 2.68 bits per heavy atom. The average Bonchev–Trinajstić information content (AvgIpc) is 2.47. The highest BCUT2D eigenvalue weighted by atomic mass is 35.5. The van der Waals surface area contributed by atoms with Gasteiger partial charge in [-0.15, -0.1) is 0 Å². The lowest BCUT2D eigenvalue weighted by molar-refractivity contribution is -0.146. The number of piperidine rings is 1. The number of carbonyl (C=O) groups excluding carboxylic acids is 1. The first-order valence-corrected chi connectivity index (χ1v) is 6.42. The maximum absolute atomic E-state index is 11.5. The molecule has 7 heteroatoms. The molecule has 2 rings (SSSR count). The lowest BCUT2D eigenvalue weighted by Crippen LogP contribution is -2.37. The van der Waals surface area contributed by atoms with E-state index in [0.29, 0.717) is 23.9 Å². The zero-order valence-corrected chi connectivity index (χ0v) is 11.7. The van der Waals surface area contributed by atoms with Gasteiger partial charge in [-0.3, -0.25) is 4.79 Å². The van der Waals surface area contributed by atoms with Crippen LogP contribution < -0.4 is 9.64 Å². The first-order chi connectivity index (χ1) is 9.15. The molecule has 0 bridgehead atoms. The summed E-state index contributed by atoms with van der Waals surface area (Å²) in [5, 5.41) is 0.484. The third-order valence-corrected chi connectivity index (χ3v) is 3.48. The molecule has 0 radical (unpaired) electrons. The quantitative estimate of drug-likeness (QED) is 0.785. The second kappa shape index (κ2) is 6.06. The first-order valence-electron chi connectivity index (χ1n) is 6.05. The minimum atomic E-state index is -0.147. The molecule has 1 saturated heterocycles. The van der Waals surface area contributed by atoms with Gasteiger partial charge in [0.05, 0.1) is 26.3 Å². The molecule has 1 fully saturated rings. The van der Waals surface area contributed by atoms with E-state index in [-0.39, 0.29) is 17.9 Å². The van der Waals surface area contributed by atoms with Crippen LogP contribution in [0.4, 0.5) is 5.82 Å². The van der Waals surface area contributed by atoms with Gasteiger partial charge >= 0.3 is 12.0 Å². The van der Waals surface area contributed by atoms with E-state index in [9.17, 15) is 4.79 Å². The van der Waals surface area contributed by atoms with Gasteiger partial charge in [0.15, 0.2) is 5.82 Å². The molecule has 6 nitrogen and oxygen atoms in total. The molecule has 0 atom stereocenters. The molecule has 104 valence electrons. The predicted molar refractivity (Wildman–Crippen MR) is 70.5 cm³/mol. The Morgan fingerprint density at radius 1 is 1.42 bits per heavy atom. The summed E-state index contributed by atoms with van der Waals surface area (Å²) in [5.74, 6) is 0.464. The Balaban J connectivity index is 2.07. The van der Waals surface area contributed by atoms with Gasteiger partial charge in [0.1, 0.15) is 5.02 Å². The maximum atomic E-state index is 11.5. The van der Waals surface area contributed by atoms with Crippen LogP contribution in [0.3, 0.4) is 0 Å². The molecule has 0 unspecified atom stereocenters. The van der Waals surface area contributed by atoms with E-state index in [2.05, 4.69) is 9.97 Å². The van der Waals surface area contributed by atoms with Crippen LogP contribution in [0.5, 0.6) is 6.01 Å². The number of nitrogens with zero attached hydrogens (tertiary/aromatic N) is 3. The fourth-order valence-electron chi connectivity index (χ4n) is 2.16. The fraction of sp³-hybridized carbons (Fsp3) is 0.583. The lowest BCUT2D eigenvalue weighted by Gasteiger charge is -2.31. The van der Waals surface area contributed by atoms with E-state index < -0.39 is 0 Å². The number of esters is 1. The monoisotopic (exact) mass is 285 g/mol. The zero-order valence-electron chi connectivity index (χ0n) is 10.9. The number of carbonyl (C=O) groups is 1. The van der Waals surface area contributed by atoms with Crippen molar-refractivity contribution < 1.29 is 14.3 Å². The van der Waals surface area contributed by atoms with Crippen LogP contribution in [-0.4, -0.2) is 43.2 Å². The summed E-state index contributed by atoms with van der Waals surface area (Å²) in [6.45, 7) is 1.42. The predicted octanol–water partition coefficient (Wildman–Crippen LogP) is 1.53. The van der Waals surface area contributed by atoms with Gasteiger partial charge in [-0.25, -0.2) is 4.98 Å². The summed E-state index contributed by atoms with van der Waals surface area (Å²) in [5.41, 5.74) is 0. The molecule has 0 aliphatic carbocycles. The SMILES string of the molecule is COC(=O)C1CCN(c2nc(OC)ncc2Cl)CC1. The minimum Gasteiger partial charge on any atom is -0.469 e. The lowest BCUT2D eigenvalue weighted by atomic mass is 9.97. The number of halogens is 1. The largest absolute Gasteiger partial charge is 0.469 e. The number of hydrogen-bond donors (Lipinski definition) is 0. The maximum Gasteiger partial charge on any atom is 0.318 e. The van der Waals surface area contributed by atoms with Crippen LogP contribution in [0.2, 0.25) is 5.02 Å². The number of aromatic nitrogens is 2. The summed E-state index contributed by atoms with van der Waals surface area (Å²) >= 11 is 6.10. The van der Waals surface area contributed by atoms with Crippen molar-refractivity contribution in [1.82, 2.24) is 9.97 Å². The molecular formula is C12H16ClN3O3. The summed E-state index contributed by atoms with van der Waals surface area (Å²) in [6, 6.07) is 0.287. The topological polar surface area (TPSA) is 64.5 Å².